The summed E-state index contributed by atoms with van der Waals surface area (Å²) in [7, 11) is 0. The van der Waals surface area contributed by atoms with Crippen molar-refractivity contribution in [2.75, 3.05) is 0 Å². The molecule has 0 aromatic heterocycles. The van der Waals surface area contributed by atoms with Crippen LogP contribution in [0.4, 0.5) is 13.2 Å². The average Bonchev–Trinajstić information content (AvgIpc) is 2.51. The number of benzene rings is 2. The predicted octanol–water partition coefficient (Wildman–Crippen LogP) is 4.60. The Bertz CT molecular complexity index is 711. The molecule has 0 unspecified atom stereocenters. The van der Waals surface area contributed by atoms with E-state index in [0.29, 0.717) is 16.7 Å². The molecule has 0 saturated carbocycles. The summed E-state index contributed by atoms with van der Waals surface area (Å²) in [5, 5.41) is 2.85. The van der Waals surface area contributed by atoms with Gasteiger partial charge in [-0.25, -0.2) is 0 Å². The average molecular weight is 340 g/mol. The van der Waals surface area contributed by atoms with Gasteiger partial charge in [-0.15, -0.1) is 0 Å². The molecule has 0 aliphatic rings. The summed E-state index contributed by atoms with van der Waals surface area (Å²) in [5.41, 5.74) is -0.424. The number of halogens is 4. The normalized spacial score (nSPS) is 12.1. The molecular formula is C17H13ClF3NO. The van der Waals surface area contributed by atoms with Crippen molar-refractivity contribution in [1.29, 1.82) is 0 Å². The maximum atomic E-state index is 13.1. The number of nitrogens with one attached hydrogen (secondary N) is 1. The monoisotopic (exact) mass is 339 g/mol. The van der Waals surface area contributed by atoms with Gasteiger partial charge in [0.2, 0.25) is 5.91 Å². The molecule has 1 N–H and O–H groups in total. The van der Waals surface area contributed by atoms with Gasteiger partial charge < -0.3 is 5.32 Å². The van der Waals surface area contributed by atoms with E-state index in [9.17, 15) is 18.0 Å². The van der Waals surface area contributed by atoms with E-state index in [1.165, 1.54) is 24.3 Å². The van der Waals surface area contributed by atoms with Gasteiger partial charge in [0, 0.05) is 17.6 Å². The number of alkyl halides is 3. The second-order valence-electron chi connectivity index (χ2n) is 4.73. The molecule has 2 aromatic carbocycles. The predicted molar refractivity (Wildman–Crippen MR) is 83.8 cm³/mol. The van der Waals surface area contributed by atoms with Crippen molar-refractivity contribution in [3.8, 4) is 0 Å². The minimum atomic E-state index is -4.62. The van der Waals surface area contributed by atoms with Crippen LogP contribution in [0.3, 0.4) is 0 Å². The van der Waals surface area contributed by atoms with Crippen LogP contribution in [0.25, 0.3) is 5.57 Å². The molecule has 0 heterocycles. The van der Waals surface area contributed by atoms with Crippen LogP contribution in [-0.4, -0.2) is 12.1 Å². The van der Waals surface area contributed by atoms with Gasteiger partial charge >= 0.3 is 6.18 Å². The molecule has 23 heavy (non-hydrogen) atoms. The van der Waals surface area contributed by atoms with Gasteiger partial charge in [-0.1, -0.05) is 60.1 Å². The van der Waals surface area contributed by atoms with Gasteiger partial charge in [0.15, 0.2) is 0 Å². The minimum absolute atomic E-state index is 0.0505. The first-order valence-electron chi connectivity index (χ1n) is 6.73. The lowest BCUT2D eigenvalue weighted by atomic mass is 10.1. The quantitative estimate of drug-likeness (QED) is 0.810. The summed E-state index contributed by atoms with van der Waals surface area (Å²) in [6.45, 7) is 0.0505. The maximum absolute atomic E-state index is 13.1. The second kappa shape index (κ2) is 7.33. The van der Waals surface area contributed by atoms with Crippen molar-refractivity contribution < 1.29 is 18.0 Å². The summed E-state index contributed by atoms with van der Waals surface area (Å²) in [6, 6.07) is 14.0. The van der Waals surface area contributed by atoms with Gasteiger partial charge in [-0.3, -0.25) is 4.79 Å². The van der Waals surface area contributed by atoms with Crippen molar-refractivity contribution in [1.82, 2.24) is 5.32 Å². The van der Waals surface area contributed by atoms with Crippen LogP contribution < -0.4 is 5.32 Å². The van der Waals surface area contributed by atoms with Crippen LogP contribution in [0, 0.1) is 0 Å². The van der Waals surface area contributed by atoms with Crippen molar-refractivity contribution >= 4 is 23.1 Å². The Labute approximate surface area is 136 Å². The Morgan fingerprint density at radius 2 is 1.65 bits per heavy atom. The van der Waals surface area contributed by atoms with Crippen LogP contribution in [0.15, 0.2) is 60.7 Å². The third-order valence-corrected chi connectivity index (χ3v) is 3.45. The van der Waals surface area contributed by atoms with E-state index in [-0.39, 0.29) is 12.1 Å². The second-order valence-corrected chi connectivity index (χ2v) is 5.14. The molecule has 0 fully saturated rings. The van der Waals surface area contributed by atoms with Crippen LogP contribution in [-0.2, 0) is 11.3 Å². The molecule has 0 atom stereocenters. The highest BCUT2D eigenvalue weighted by atomic mass is 35.5. The van der Waals surface area contributed by atoms with E-state index < -0.39 is 17.7 Å². The number of amides is 1. The molecule has 2 nitrogen and oxygen atoms in total. The molecule has 120 valence electrons. The number of rotatable bonds is 4. The number of hydrogen-bond acceptors (Lipinski definition) is 1. The Morgan fingerprint density at radius 3 is 2.26 bits per heavy atom. The van der Waals surface area contributed by atoms with Gasteiger partial charge in [0.25, 0.3) is 0 Å². The summed E-state index contributed by atoms with van der Waals surface area (Å²) in [4.78, 5) is 11.8. The summed E-state index contributed by atoms with van der Waals surface area (Å²) < 4.78 is 39.4. The molecule has 2 aromatic rings. The smallest absolute Gasteiger partial charge is 0.348 e. The lowest BCUT2D eigenvalue weighted by molar-refractivity contribution is -0.117. The zero-order valence-corrected chi connectivity index (χ0v) is 12.7. The summed E-state index contributed by atoms with van der Waals surface area (Å²) in [6.07, 6.45) is -4.06. The van der Waals surface area contributed by atoms with E-state index in [1.54, 1.807) is 30.3 Å². The Kier molecular flexibility index (Phi) is 5.45. The van der Waals surface area contributed by atoms with E-state index >= 15 is 0 Å². The van der Waals surface area contributed by atoms with Crippen LogP contribution in [0.1, 0.15) is 11.1 Å². The first kappa shape index (κ1) is 17.1. The van der Waals surface area contributed by atoms with E-state index in [0.717, 1.165) is 0 Å². The van der Waals surface area contributed by atoms with E-state index in [4.69, 9.17) is 11.6 Å². The van der Waals surface area contributed by atoms with Gasteiger partial charge in [-0.2, -0.15) is 13.2 Å². The molecule has 6 heteroatoms. The van der Waals surface area contributed by atoms with Gasteiger partial charge in [-0.05, 0) is 17.2 Å². The van der Waals surface area contributed by atoms with E-state index in [1.807, 2.05) is 0 Å². The molecule has 0 bridgehead atoms. The highest BCUT2D eigenvalue weighted by molar-refractivity contribution is 6.31. The zero-order chi connectivity index (χ0) is 16.9. The van der Waals surface area contributed by atoms with Crippen molar-refractivity contribution in [2.24, 2.45) is 0 Å². The third-order valence-electron chi connectivity index (χ3n) is 3.08. The summed E-state index contributed by atoms with van der Waals surface area (Å²) >= 11 is 5.94. The van der Waals surface area contributed by atoms with Gasteiger partial charge in [0.1, 0.15) is 0 Å². The number of allylic oxidation sites excluding steroid dienone is 1. The van der Waals surface area contributed by atoms with Crippen LogP contribution in [0.5, 0.6) is 0 Å². The Balaban J connectivity index is 2.16. The fourth-order valence-corrected chi connectivity index (χ4v) is 2.16. The molecule has 1 amide bonds. The highest BCUT2D eigenvalue weighted by Gasteiger charge is 2.35. The fraction of sp³-hybridized carbons (Fsp3) is 0.118. The van der Waals surface area contributed by atoms with Crippen molar-refractivity contribution in [2.45, 2.75) is 12.7 Å². The lowest BCUT2D eigenvalue weighted by Crippen LogP contribution is -2.23. The van der Waals surface area contributed by atoms with Crippen molar-refractivity contribution in [3.05, 3.63) is 76.8 Å². The first-order chi connectivity index (χ1) is 10.9. The van der Waals surface area contributed by atoms with Crippen LogP contribution >= 0.6 is 11.6 Å². The summed E-state index contributed by atoms with van der Waals surface area (Å²) in [5.74, 6) is -0.832. The third kappa shape index (κ3) is 4.86. The largest absolute Gasteiger partial charge is 0.417 e. The maximum Gasteiger partial charge on any atom is 0.417 e. The minimum Gasteiger partial charge on any atom is -0.348 e. The highest BCUT2D eigenvalue weighted by Crippen LogP contribution is 2.33. The van der Waals surface area contributed by atoms with Gasteiger partial charge in [0.05, 0.1) is 5.57 Å². The lowest BCUT2D eigenvalue weighted by Gasteiger charge is -2.12. The number of carbonyl (C=O) groups excluding carboxylic acids is 1. The molecule has 2 rings (SSSR count). The topological polar surface area (TPSA) is 29.1 Å². The molecule has 0 spiro atoms. The molecule has 0 saturated heterocycles. The molecular weight excluding hydrogens is 327 g/mol. The Hall–Kier alpha value is -2.27. The fourth-order valence-electron chi connectivity index (χ4n) is 1.95. The molecule has 0 aliphatic heterocycles. The number of hydrogen-bond donors (Lipinski definition) is 1. The molecule has 0 radical (unpaired) electrons. The Morgan fingerprint density at radius 1 is 1.04 bits per heavy atom. The standard InChI is InChI=1S/C17H13ClF3NO/c18-15-9-5-4-8-13(15)11-22-16(23)10-14(17(19,20)21)12-6-2-1-3-7-12/h1-10H,11H2,(H,22,23)/b14-10+. The first-order valence-corrected chi connectivity index (χ1v) is 7.11. The zero-order valence-electron chi connectivity index (χ0n) is 11.9. The van der Waals surface area contributed by atoms with E-state index in [2.05, 4.69) is 5.32 Å². The number of carbonyl (C=O) groups is 1. The van der Waals surface area contributed by atoms with Crippen LogP contribution in [0.2, 0.25) is 5.02 Å². The molecule has 0 aliphatic carbocycles. The SMILES string of the molecule is O=C(/C=C(\c1ccccc1)C(F)(F)F)NCc1ccccc1Cl. The van der Waals surface area contributed by atoms with Crippen molar-refractivity contribution in [3.63, 3.8) is 0 Å².